The molecule has 1 N–H and O–H groups in total. The molecule has 8 nitrogen and oxygen atoms in total. The molecule has 0 fully saturated rings. The van der Waals surface area contributed by atoms with Gasteiger partial charge in [-0.05, 0) is 27.6 Å². The van der Waals surface area contributed by atoms with E-state index in [2.05, 4.69) is 25.9 Å². The zero-order valence-electron chi connectivity index (χ0n) is 11.8. The number of carbonyl (C=O) groups excluding carboxylic acids is 1. The van der Waals surface area contributed by atoms with Crippen LogP contribution >= 0.6 is 0 Å². The van der Waals surface area contributed by atoms with Crippen molar-refractivity contribution in [1.82, 2.24) is 35.3 Å². The lowest BCUT2D eigenvalue weighted by Crippen LogP contribution is -2.27. The highest BCUT2D eigenvalue weighted by molar-refractivity contribution is 5.75. The number of hydrogen-bond donors (Lipinski definition) is 1. The highest BCUT2D eigenvalue weighted by atomic mass is 16.2. The van der Waals surface area contributed by atoms with Crippen molar-refractivity contribution >= 4 is 5.91 Å². The van der Waals surface area contributed by atoms with E-state index in [1.165, 1.54) is 11.0 Å². The smallest absolute Gasteiger partial charge is 0.242 e. The Morgan fingerprint density at radius 3 is 2.64 bits per heavy atom. The van der Waals surface area contributed by atoms with Gasteiger partial charge < -0.3 is 5.32 Å². The predicted octanol–water partition coefficient (Wildman–Crippen LogP) is 0.234. The van der Waals surface area contributed by atoms with Crippen LogP contribution in [0.2, 0.25) is 0 Å². The van der Waals surface area contributed by atoms with Gasteiger partial charge in [0.1, 0.15) is 12.9 Å². The van der Waals surface area contributed by atoms with Crippen molar-refractivity contribution in [1.29, 1.82) is 0 Å². The number of aromatic nitrogens is 6. The Morgan fingerprint density at radius 1 is 1.14 bits per heavy atom. The Labute approximate surface area is 126 Å². The Bertz CT molecular complexity index is 704. The molecule has 0 aliphatic heterocycles. The average Bonchev–Trinajstić information content (AvgIpc) is 3.20. The summed E-state index contributed by atoms with van der Waals surface area (Å²) < 4.78 is 3.24. The molecule has 3 aromatic rings. The molecule has 1 amide bonds. The monoisotopic (exact) mass is 297 g/mol. The highest BCUT2D eigenvalue weighted by Gasteiger charge is 2.04. The molecule has 2 heterocycles. The second kappa shape index (κ2) is 6.61. The van der Waals surface area contributed by atoms with E-state index in [0.717, 1.165) is 17.7 Å². The quantitative estimate of drug-likeness (QED) is 0.703. The zero-order valence-corrected chi connectivity index (χ0v) is 11.8. The van der Waals surface area contributed by atoms with Crippen molar-refractivity contribution in [3.8, 4) is 0 Å². The maximum Gasteiger partial charge on any atom is 0.242 e. The molecule has 0 spiro atoms. The van der Waals surface area contributed by atoms with Gasteiger partial charge in [-0.15, -0.1) is 5.10 Å². The summed E-state index contributed by atoms with van der Waals surface area (Å²) in [4.78, 5) is 11.7. The molecular formula is C14H15N7O. The fraction of sp³-hybridized carbons (Fsp3) is 0.214. The topological polar surface area (TPSA) is 90.5 Å². The SMILES string of the molecule is O=C(Cn1cnnn1)NCc1ccc(Cn2cccn2)cc1. The number of benzene rings is 1. The lowest BCUT2D eigenvalue weighted by Gasteiger charge is -2.06. The lowest BCUT2D eigenvalue weighted by molar-refractivity contribution is -0.122. The average molecular weight is 297 g/mol. The maximum atomic E-state index is 11.7. The molecule has 22 heavy (non-hydrogen) atoms. The summed E-state index contributed by atoms with van der Waals surface area (Å²) >= 11 is 0. The van der Waals surface area contributed by atoms with Crippen LogP contribution in [-0.4, -0.2) is 35.9 Å². The number of amides is 1. The van der Waals surface area contributed by atoms with Gasteiger partial charge in [0, 0.05) is 18.9 Å². The van der Waals surface area contributed by atoms with Gasteiger partial charge in [0.25, 0.3) is 0 Å². The third-order valence-electron chi connectivity index (χ3n) is 3.11. The van der Waals surface area contributed by atoms with Crippen LogP contribution < -0.4 is 5.32 Å². The van der Waals surface area contributed by atoms with E-state index < -0.39 is 0 Å². The summed E-state index contributed by atoms with van der Waals surface area (Å²) in [6.45, 7) is 1.33. The second-order valence-electron chi connectivity index (χ2n) is 4.80. The molecule has 0 unspecified atom stereocenters. The molecule has 0 saturated heterocycles. The molecule has 8 heteroatoms. The molecule has 0 radical (unpaired) electrons. The highest BCUT2D eigenvalue weighted by Crippen LogP contribution is 2.06. The Morgan fingerprint density at radius 2 is 1.95 bits per heavy atom. The standard InChI is InChI=1S/C14H15N7O/c22-14(10-21-11-16-18-19-21)15-8-12-2-4-13(5-3-12)9-20-7-1-6-17-20/h1-7,11H,8-10H2,(H,15,22). The van der Waals surface area contributed by atoms with Gasteiger partial charge in [-0.2, -0.15) is 5.10 Å². The molecular weight excluding hydrogens is 282 g/mol. The van der Waals surface area contributed by atoms with Gasteiger partial charge in [-0.25, -0.2) is 4.68 Å². The van der Waals surface area contributed by atoms with Crippen molar-refractivity contribution in [2.24, 2.45) is 0 Å². The van der Waals surface area contributed by atoms with E-state index in [0.29, 0.717) is 6.54 Å². The van der Waals surface area contributed by atoms with Crippen LogP contribution in [0, 0.1) is 0 Å². The van der Waals surface area contributed by atoms with Gasteiger partial charge in [-0.1, -0.05) is 24.3 Å². The Kier molecular flexibility index (Phi) is 4.19. The number of hydrogen-bond acceptors (Lipinski definition) is 5. The van der Waals surface area contributed by atoms with E-state index in [1.807, 2.05) is 41.2 Å². The van der Waals surface area contributed by atoms with Gasteiger partial charge in [-0.3, -0.25) is 9.48 Å². The van der Waals surface area contributed by atoms with Gasteiger partial charge in [0.2, 0.25) is 5.91 Å². The van der Waals surface area contributed by atoms with E-state index in [9.17, 15) is 4.79 Å². The lowest BCUT2D eigenvalue weighted by atomic mass is 10.1. The van der Waals surface area contributed by atoms with Crippen LogP contribution in [0.5, 0.6) is 0 Å². The third-order valence-corrected chi connectivity index (χ3v) is 3.11. The van der Waals surface area contributed by atoms with E-state index >= 15 is 0 Å². The van der Waals surface area contributed by atoms with Crippen molar-refractivity contribution < 1.29 is 4.79 Å². The van der Waals surface area contributed by atoms with Gasteiger partial charge in [0.05, 0.1) is 6.54 Å². The first-order valence-corrected chi connectivity index (χ1v) is 6.82. The zero-order chi connectivity index (χ0) is 15.2. The van der Waals surface area contributed by atoms with Crippen LogP contribution in [-0.2, 0) is 24.4 Å². The first kappa shape index (κ1) is 13.9. The van der Waals surface area contributed by atoms with Crippen molar-refractivity contribution in [3.05, 3.63) is 60.2 Å². The molecule has 0 bridgehead atoms. The van der Waals surface area contributed by atoms with Crippen LogP contribution in [0.3, 0.4) is 0 Å². The summed E-state index contributed by atoms with van der Waals surface area (Å²) in [6, 6.07) is 9.95. The van der Waals surface area contributed by atoms with Crippen LogP contribution in [0.15, 0.2) is 49.1 Å². The number of tetrazole rings is 1. The largest absolute Gasteiger partial charge is 0.350 e. The number of carbonyl (C=O) groups is 1. The molecule has 112 valence electrons. The number of nitrogens with zero attached hydrogens (tertiary/aromatic N) is 6. The first-order valence-electron chi connectivity index (χ1n) is 6.82. The summed E-state index contributed by atoms with van der Waals surface area (Å²) in [7, 11) is 0. The molecule has 3 rings (SSSR count). The molecule has 0 aliphatic rings. The van der Waals surface area contributed by atoms with Crippen LogP contribution in [0.1, 0.15) is 11.1 Å². The number of rotatable bonds is 6. The Hall–Kier alpha value is -3.03. The minimum absolute atomic E-state index is 0.115. The number of nitrogens with one attached hydrogen (secondary N) is 1. The minimum Gasteiger partial charge on any atom is -0.350 e. The maximum absolute atomic E-state index is 11.7. The Balaban J connectivity index is 1.49. The fourth-order valence-electron chi connectivity index (χ4n) is 2.00. The summed E-state index contributed by atoms with van der Waals surface area (Å²) in [6.07, 6.45) is 5.09. The van der Waals surface area contributed by atoms with Gasteiger partial charge in [0.15, 0.2) is 0 Å². The summed E-state index contributed by atoms with van der Waals surface area (Å²) in [5.41, 5.74) is 2.20. The van der Waals surface area contributed by atoms with Crippen LogP contribution in [0.4, 0.5) is 0 Å². The van der Waals surface area contributed by atoms with E-state index in [4.69, 9.17) is 0 Å². The minimum atomic E-state index is -0.132. The molecule has 1 aromatic carbocycles. The molecule has 0 aliphatic carbocycles. The predicted molar refractivity (Wildman–Crippen MR) is 77.4 cm³/mol. The van der Waals surface area contributed by atoms with Crippen molar-refractivity contribution in [2.75, 3.05) is 0 Å². The second-order valence-corrected chi connectivity index (χ2v) is 4.80. The fourth-order valence-corrected chi connectivity index (χ4v) is 2.00. The van der Waals surface area contributed by atoms with E-state index in [-0.39, 0.29) is 12.5 Å². The molecule has 2 aromatic heterocycles. The normalized spacial score (nSPS) is 10.5. The summed E-state index contributed by atoms with van der Waals surface area (Å²) in [5.74, 6) is -0.132. The third kappa shape index (κ3) is 3.75. The van der Waals surface area contributed by atoms with Crippen LogP contribution in [0.25, 0.3) is 0 Å². The first-order chi connectivity index (χ1) is 10.8. The summed E-state index contributed by atoms with van der Waals surface area (Å²) in [5, 5.41) is 17.6. The van der Waals surface area contributed by atoms with E-state index in [1.54, 1.807) is 6.20 Å². The van der Waals surface area contributed by atoms with Crippen molar-refractivity contribution in [3.63, 3.8) is 0 Å². The van der Waals surface area contributed by atoms with Gasteiger partial charge >= 0.3 is 0 Å². The molecule has 0 atom stereocenters. The molecule has 0 saturated carbocycles. The van der Waals surface area contributed by atoms with Crippen molar-refractivity contribution in [2.45, 2.75) is 19.6 Å².